The van der Waals surface area contributed by atoms with Crippen LogP contribution in [0.2, 0.25) is 0 Å². The molecule has 1 saturated carbocycles. The molecular formula is C17H36N2. The van der Waals surface area contributed by atoms with Crippen molar-refractivity contribution in [3.8, 4) is 0 Å². The van der Waals surface area contributed by atoms with E-state index in [4.69, 9.17) is 0 Å². The molecule has 1 fully saturated rings. The van der Waals surface area contributed by atoms with Crippen molar-refractivity contribution in [3.05, 3.63) is 0 Å². The summed E-state index contributed by atoms with van der Waals surface area (Å²) in [6.45, 7) is 8.16. The van der Waals surface area contributed by atoms with Gasteiger partial charge in [-0.1, -0.05) is 33.6 Å². The summed E-state index contributed by atoms with van der Waals surface area (Å²) < 4.78 is 0. The van der Waals surface area contributed by atoms with Crippen molar-refractivity contribution < 1.29 is 0 Å². The lowest BCUT2D eigenvalue weighted by Crippen LogP contribution is -2.46. The number of rotatable bonds is 8. The Labute approximate surface area is 121 Å². The molecule has 2 heteroatoms. The van der Waals surface area contributed by atoms with E-state index >= 15 is 0 Å². The SMILES string of the molecule is CCCC1CCC(NC(CC(C)C)CN(C)C)CC1. The average molecular weight is 268 g/mol. The van der Waals surface area contributed by atoms with Crippen LogP contribution >= 0.6 is 0 Å². The first-order chi connectivity index (χ1) is 9.01. The van der Waals surface area contributed by atoms with E-state index in [9.17, 15) is 0 Å². The molecule has 0 aromatic heterocycles. The summed E-state index contributed by atoms with van der Waals surface area (Å²) in [5.41, 5.74) is 0. The van der Waals surface area contributed by atoms with E-state index in [0.29, 0.717) is 6.04 Å². The summed E-state index contributed by atoms with van der Waals surface area (Å²) in [5.74, 6) is 1.80. The fourth-order valence-electron chi connectivity index (χ4n) is 3.56. The van der Waals surface area contributed by atoms with Crippen molar-refractivity contribution in [2.75, 3.05) is 20.6 Å². The summed E-state index contributed by atoms with van der Waals surface area (Å²) in [4.78, 5) is 2.32. The predicted molar refractivity (Wildman–Crippen MR) is 85.6 cm³/mol. The van der Waals surface area contributed by atoms with Crippen LogP contribution in [0.1, 0.15) is 65.7 Å². The highest BCUT2D eigenvalue weighted by atomic mass is 15.1. The molecular weight excluding hydrogens is 232 g/mol. The monoisotopic (exact) mass is 268 g/mol. The first-order valence-corrected chi connectivity index (χ1v) is 8.42. The van der Waals surface area contributed by atoms with Gasteiger partial charge < -0.3 is 10.2 Å². The first-order valence-electron chi connectivity index (χ1n) is 8.42. The molecule has 0 amide bonds. The van der Waals surface area contributed by atoms with Crippen LogP contribution in [0.4, 0.5) is 0 Å². The van der Waals surface area contributed by atoms with Gasteiger partial charge in [-0.05, 0) is 58.0 Å². The van der Waals surface area contributed by atoms with Crippen LogP contribution in [-0.4, -0.2) is 37.6 Å². The highest BCUT2D eigenvalue weighted by Gasteiger charge is 2.23. The molecule has 1 atom stereocenters. The van der Waals surface area contributed by atoms with E-state index in [2.05, 4.69) is 45.1 Å². The number of likely N-dealkylation sites (N-methyl/N-ethyl adjacent to an activating group) is 1. The van der Waals surface area contributed by atoms with Gasteiger partial charge in [-0.3, -0.25) is 0 Å². The molecule has 1 aliphatic carbocycles. The Morgan fingerprint density at radius 1 is 1.11 bits per heavy atom. The smallest absolute Gasteiger partial charge is 0.0199 e. The Kier molecular flexibility index (Phi) is 8.01. The maximum atomic E-state index is 3.94. The highest BCUT2D eigenvalue weighted by Crippen LogP contribution is 2.28. The molecule has 0 aliphatic heterocycles. The molecule has 114 valence electrons. The van der Waals surface area contributed by atoms with Crippen LogP contribution in [0.25, 0.3) is 0 Å². The van der Waals surface area contributed by atoms with Crippen LogP contribution in [-0.2, 0) is 0 Å². The van der Waals surface area contributed by atoms with E-state index < -0.39 is 0 Å². The summed E-state index contributed by atoms with van der Waals surface area (Å²) in [7, 11) is 4.38. The number of nitrogens with one attached hydrogen (secondary N) is 1. The molecule has 0 saturated heterocycles. The van der Waals surface area contributed by atoms with Crippen LogP contribution < -0.4 is 5.32 Å². The Morgan fingerprint density at radius 2 is 1.74 bits per heavy atom. The lowest BCUT2D eigenvalue weighted by Gasteiger charge is -2.33. The summed E-state index contributed by atoms with van der Waals surface area (Å²) in [5, 5.41) is 3.94. The van der Waals surface area contributed by atoms with Gasteiger partial charge in [0.1, 0.15) is 0 Å². The van der Waals surface area contributed by atoms with E-state index in [-0.39, 0.29) is 0 Å². The van der Waals surface area contributed by atoms with Gasteiger partial charge in [-0.2, -0.15) is 0 Å². The van der Waals surface area contributed by atoms with E-state index in [1.165, 1.54) is 51.5 Å². The molecule has 1 rings (SSSR count). The Morgan fingerprint density at radius 3 is 2.21 bits per heavy atom. The van der Waals surface area contributed by atoms with Crippen LogP contribution in [0.3, 0.4) is 0 Å². The molecule has 19 heavy (non-hydrogen) atoms. The summed E-state index contributed by atoms with van der Waals surface area (Å²) >= 11 is 0. The molecule has 0 spiro atoms. The molecule has 0 aromatic carbocycles. The van der Waals surface area contributed by atoms with Gasteiger partial charge in [0.25, 0.3) is 0 Å². The minimum atomic E-state index is 0.669. The van der Waals surface area contributed by atoms with Gasteiger partial charge in [0, 0.05) is 18.6 Å². The Bertz CT molecular complexity index is 207. The molecule has 1 N–H and O–H groups in total. The van der Waals surface area contributed by atoms with Gasteiger partial charge in [0.2, 0.25) is 0 Å². The minimum Gasteiger partial charge on any atom is -0.310 e. The van der Waals surface area contributed by atoms with Crippen LogP contribution in [0.5, 0.6) is 0 Å². The van der Waals surface area contributed by atoms with Crippen molar-refractivity contribution in [1.82, 2.24) is 10.2 Å². The maximum Gasteiger partial charge on any atom is 0.0199 e. The van der Waals surface area contributed by atoms with Crippen LogP contribution in [0, 0.1) is 11.8 Å². The average Bonchev–Trinajstić information content (AvgIpc) is 2.30. The third-order valence-electron chi connectivity index (χ3n) is 4.36. The van der Waals surface area contributed by atoms with Crippen molar-refractivity contribution in [3.63, 3.8) is 0 Å². The van der Waals surface area contributed by atoms with E-state index in [0.717, 1.165) is 17.9 Å². The second kappa shape index (κ2) is 8.97. The Balaban J connectivity index is 2.34. The summed E-state index contributed by atoms with van der Waals surface area (Å²) in [6.07, 6.45) is 9.79. The Hall–Kier alpha value is -0.0800. The predicted octanol–water partition coefficient (Wildman–Crippen LogP) is 3.91. The molecule has 0 bridgehead atoms. The number of hydrogen-bond donors (Lipinski definition) is 1. The van der Waals surface area contributed by atoms with E-state index in [1.54, 1.807) is 0 Å². The first kappa shape index (κ1) is 17.0. The van der Waals surface area contributed by atoms with Crippen molar-refractivity contribution in [2.45, 2.75) is 77.8 Å². The zero-order valence-corrected chi connectivity index (χ0v) is 13.9. The largest absolute Gasteiger partial charge is 0.310 e. The second-order valence-corrected chi connectivity index (χ2v) is 7.26. The minimum absolute atomic E-state index is 0.669. The van der Waals surface area contributed by atoms with Gasteiger partial charge in [0.05, 0.1) is 0 Å². The third kappa shape index (κ3) is 7.31. The molecule has 0 aromatic rings. The third-order valence-corrected chi connectivity index (χ3v) is 4.36. The lowest BCUT2D eigenvalue weighted by atomic mass is 9.83. The molecule has 0 radical (unpaired) electrons. The van der Waals surface area contributed by atoms with Crippen molar-refractivity contribution in [2.24, 2.45) is 11.8 Å². The van der Waals surface area contributed by atoms with E-state index in [1.807, 2.05) is 0 Å². The molecule has 0 heterocycles. The molecule has 1 unspecified atom stereocenters. The van der Waals surface area contributed by atoms with Gasteiger partial charge in [-0.25, -0.2) is 0 Å². The highest BCUT2D eigenvalue weighted by molar-refractivity contribution is 4.82. The van der Waals surface area contributed by atoms with Crippen LogP contribution in [0.15, 0.2) is 0 Å². The number of nitrogens with zero attached hydrogens (tertiary/aromatic N) is 1. The molecule has 2 nitrogen and oxygen atoms in total. The van der Waals surface area contributed by atoms with Gasteiger partial charge in [-0.15, -0.1) is 0 Å². The second-order valence-electron chi connectivity index (χ2n) is 7.26. The molecule has 1 aliphatic rings. The fourth-order valence-corrected chi connectivity index (χ4v) is 3.56. The quantitative estimate of drug-likeness (QED) is 0.718. The van der Waals surface area contributed by atoms with Gasteiger partial charge in [0.15, 0.2) is 0 Å². The topological polar surface area (TPSA) is 15.3 Å². The standard InChI is InChI=1S/C17H36N2/c1-6-7-15-8-10-16(11-9-15)18-17(12-14(2)3)13-19(4)5/h14-18H,6-13H2,1-5H3. The normalized spacial score (nSPS) is 26.1. The summed E-state index contributed by atoms with van der Waals surface area (Å²) in [6, 6.07) is 1.44. The maximum absolute atomic E-state index is 3.94. The zero-order valence-electron chi connectivity index (χ0n) is 13.9. The van der Waals surface area contributed by atoms with Gasteiger partial charge >= 0.3 is 0 Å². The lowest BCUT2D eigenvalue weighted by molar-refractivity contribution is 0.230. The van der Waals surface area contributed by atoms with Crippen molar-refractivity contribution >= 4 is 0 Å². The number of hydrogen-bond acceptors (Lipinski definition) is 2. The van der Waals surface area contributed by atoms with Crippen molar-refractivity contribution in [1.29, 1.82) is 0 Å². The zero-order chi connectivity index (χ0) is 14.3. The fraction of sp³-hybridized carbons (Fsp3) is 1.00.